The van der Waals surface area contributed by atoms with Gasteiger partial charge in [0.05, 0.1) is 4.90 Å². The Kier molecular flexibility index (Phi) is 3.07. The van der Waals surface area contributed by atoms with Crippen LogP contribution in [0.2, 0.25) is 0 Å². The summed E-state index contributed by atoms with van der Waals surface area (Å²) in [6.07, 6.45) is 4.43. The average molecular weight is 275 g/mol. The first-order valence-electron chi connectivity index (χ1n) is 6.62. The molecule has 0 atom stereocenters. The summed E-state index contributed by atoms with van der Waals surface area (Å²) >= 11 is 0. The van der Waals surface area contributed by atoms with E-state index in [1.165, 1.54) is 0 Å². The lowest BCUT2D eigenvalue weighted by atomic mass is 9.92. The first-order valence-corrected chi connectivity index (χ1v) is 8.16. The highest BCUT2D eigenvalue weighted by Gasteiger charge is 2.25. The third kappa shape index (κ3) is 2.26. The van der Waals surface area contributed by atoms with Crippen molar-refractivity contribution in [3.05, 3.63) is 42.0 Å². The molecule has 2 aromatic carbocycles. The van der Waals surface area contributed by atoms with E-state index in [-0.39, 0.29) is 0 Å². The molecule has 1 aliphatic carbocycles. The van der Waals surface area contributed by atoms with Crippen molar-refractivity contribution in [2.75, 3.05) is 0 Å². The maximum atomic E-state index is 11.8. The summed E-state index contributed by atoms with van der Waals surface area (Å²) in [5.74, 6) is 0.319. The van der Waals surface area contributed by atoms with Crippen LogP contribution in [-0.4, -0.2) is 8.42 Å². The molecule has 0 aromatic heterocycles. The molecule has 0 heterocycles. The molecule has 0 amide bonds. The number of benzene rings is 2. The number of primary sulfonamides is 1. The maximum absolute atomic E-state index is 11.8. The second-order valence-corrected chi connectivity index (χ2v) is 6.75. The highest BCUT2D eigenvalue weighted by Crippen LogP contribution is 2.40. The molecule has 1 fully saturated rings. The van der Waals surface area contributed by atoms with Crippen LogP contribution >= 0.6 is 0 Å². The molecule has 4 heteroatoms. The molecule has 3 rings (SSSR count). The molecule has 0 aliphatic heterocycles. The Morgan fingerprint density at radius 2 is 1.68 bits per heavy atom. The van der Waals surface area contributed by atoms with Gasteiger partial charge in [-0.25, -0.2) is 13.6 Å². The third-order valence-corrected chi connectivity index (χ3v) is 4.97. The summed E-state index contributed by atoms with van der Waals surface area (Å²) in [6.45, 7) is 0. The van der Waals surface area contributed by atoms with E-state index >= 15 is 0 Å². The Labute approximate surface area is 113 Å². The number of fused-ring (bicyclic) bond motifs is 1. The van der Waals surface area contributed by atoms with E-state index in [2.05, 4.69) is 0 Å². The van der Waals surface area contributed by atoms with Crippen LogP contribution in [0.1, 0.15) is 37.2 Å². The van der Waals surface area contributed by atoms with E-state index in [0.717, 1.165) is 42.0 Å². The van der Waals surface area contributed by atoms with Crippen LogP contribution in [0.3, 0.4) is 0 Å². The molecule has 0 bridgehead atoms. The smallest absolute Gasteiger partial charge is 0.225 e. The topological polar surface area (TPSA) is 60.2 Å². The second kappa shape index (κ2) is 4.62. The minimum absolute atomic E-state index is 0.304. The van der Waals surface area contributed by atoms with Gasteiger partial charge in [0, 0.05) is 0 Å². The molecular formula is C15H17NO2S. The molecule has 19 heavy (non-hydrogen) atoms. The Morgan fingerprint density at radius 3 is 2.37 bits per heavy atom. The lowest BCUT2D eigenvalue weighted by Gasteiger charge is -2.17. The van der Waals surface area contributed by atoms with Crippen molar-refractivity contribution in [2.45, 2.75) is 36.5 Å². The lowest BCUT2D eigenvalue weighted by Crippen LogP contribution is -2.16. The van der Waals surface area contributed by atoms with Crippen molar-refractivity contribution < 1.29 is 8.42 Å². The van der Waals surface area contributed by atoms with Crippen LogP contribution < -0.4 is 5.14 Å². The number of nitrogens with two attached hydrogens (primary N) is 1. The normalized spacial score (nSPS) is 17.1. The number of rotatable bonds is 2. The van der Waals surface area contributed by atoms with E-state index in [0.29, 0.717) is 10.8 Å². The van der Waals surface area contributed by atoms with Crippen LogP contribution in [-0.2, 0) is 10.0 Å². The summed E-state index contributed by atoms with van der Waals surface area (Å²) in [5, 5.41) is 7.50. The van der Waals surface area contributed by atoms with Gasteiger partial charge in [-0.2, -0.15) is 0 Å². The zero-order valence-electron chi connectivity index (χ0n) is 10.7. The fraction of sp³-hybridized carbons (Fsp3) is 0.333. The van der Waals surface area contributed by atoms with Gasteiger partial charge in [-0.3, -0.25) is 0 Å². The van der Waals surface area contributed by atoms with Gasteiger partial charge in [-0.05, 0) is 41.2 Å². The third-order valence-electron chi connectivity index (χ3n) is 4.00. The largest absolute Gasteiger partial charge is 0.238 e. The highest BCUT2D eigenvalue weighted by atomic mass is 32.2. The van der Waals surface area contributed by atoms with Crippen molar-refractivity contribution >= 4 is 20.8 Å². The van der Waals surface area contributed by atoms with Crippen LogP contribution in [0.5, 0.6) is 0 Å². The van der Waals surface area contributed by atoms with Gasteiger partial charge in [0.1, 0.15) is 0 Å². The standard InChI is InChI=1S/C15H17NO2S/c16-19(17,18)14-10-9-11-5-3-4-8-13(11)15(14)12-6-1-2-7-12/h3-5,8-10,12H,1-2,6-7H2,(H2,16,17,18). The molecule has 0 unspecified atom stereocenters. The van der Waals surface area contributed by atoms with E-state index in [1.54, 1.807) is 6.07 Å². The zero-order valence-corrected chi connectivity index (χ0v) is 11.5. The van der Waals surface area contributed by atoms with Gasteiger partial charge in [0.25, 0.3) is 0 Å². The second-order valence-electron chi connectivity index (χ2n) is 5.22. The van der Waals surface area contributed by atoms with E-state index in [1.807, 2.05) is 30.3 Å². The summed E-state index contributed by atoms with van der Waals surface area (Å²) in [5.41, 5.74) is 0.929. The summed E-state index contributed by atoms with van der Waals surface area (Å²) in [6, 6.07) is 11.4. The van der Waals surface area contributed by atoms with E-state index < -0.39 is 10.0 Å². The molecule has 2 aromatic rings. The molecule has 0 spiro atoms. The first kappa shape index (κ1) is 12.6. The Hall–Kier alpha value is -1.39. The minimum Gasteiger partial charge on any atom is -0.225 e. The van der Waals surface area contributed by atoms with Crippen LogP contribution in [0.4, 0.5) is 0 Å². The highest BCUT2D eigenvalue weighted by molar-refractivity contribution is 7.89. The molecule has 1 saturated carbocycles. The summed E-state index contributed by atoms with van der Waals surface area (Å²) < 4.78 is 23.7. The first-order chi connectivity index (χ1) is 9.07. The van der Waals surface area contributed by atoms with E-state index in [4.69, 9.17) is 5.14 Å². The van der Waals surface area contributed by atoms with Gasteiger partial charge in [0.2, 0.25) is 10.0 Å². The van der Waals surface area contributed by atoms with Crippen molar-refractivity contribution in [2.24, 2.45) is 5.14 Å². The molecular weight excluding hydrogens is 258 g/mol. The van der Waals surface area contributed by atoms with Crippen LogP contribution in [0.15, 0.2) is 41.3 Å². The number of hydrogen-bond donors (Lipinski definition) is 1. The van der Waals surface area contributed by atoms with E-state index in [9.17, 15) is 8.42 Å². The quantitative estimate of drug-likeness (QED) is 0.915. The molecule has 100 valence electrons. The SMILES string of the molecule is NS(=O)(=O)c1ccc2ccccc2c1C1CCCC1. The number of hydrogen-bond acceptors (Lipinski definition) is 2. The zero-order chi connectivity index (χ0) is 13.5. The maximum Gasteiger partial charge on any atom is 0.238 e. The Morgan fingerprint density at radius 1 is 1.00 bits per heavy atom. The van der Waals surface area contributed by atoms with Gasteiger partial charge in [-0.15, -0.1) is 0 Å². The van der Waals surface area contributed by atoms with Crippen molar-refractivity contribution in [1.29, 1.82) is 0 Å². The Balaban J connectivity index is 2.34. The predicted molar refractivity (Wildman–Crippen MR) is 76.5 cm³/mol. The van der Waals surface area contributed by atoms with Gasteiger partial charge < -0.3 is 0 Å². The monoisotopic (exact) mass is 275 g/mol. The van der Waals surface area contributed by atoms with Crippen LogP contribution in [0.25, 0.3) is 10.8 Å². The van der Waals surface area contributed by atoms with Gasteiger partial charge in [-0.1, -0.05) is 43.2 Å². The molecule has 3 nitrogen and oxygen atoms in total. The van der Waals surface area contributed by atoms with Gasteiger partial charge in [0.15, 0.2) is 0 Å². The van der Waals surface area contributed by atoms with Gasteiger partial charge >= 0.3 is 0 Å². The molecule has 2 N–H and O–H groups in total. The lowest BCUT2D eigenvalue weighted by molar-refractivity contribution is 0.594. The van der Waals surface area contributed by atoms with Crippen molar-refractivity contribution in [3.8, 4) is 0 Å². The number of sulfonamides is 1. The predicted octanol–water partition coefficient (Wildman–Crippen LogP) is 3.14. The fourth-order valence-corrected chi connectivity index (χ4v) is 4.00. The average Bonchev–Trinajstić information content (AvgIpc) is 2.89. The minimum atomic E-state index is -3.66. The molecule has 0 saturated heterocycles. The van der Waals surface area contributed by atoms with Crippen molar-refractivity contribution in [1.82, 2.24) is 0 Å². The molecule has 0 radical (unpaired) electrons. The summed E-state index contributed by atoms with van der Waals surface area (Å²) in [4.78, 5) is 0.304. The molecule has 1 aliphatic rings. The van der Waals surface area contributed by atoms with Crippen molar-refractivity contribution in [3.63, 3.8) is 0 Å². The Bertz CT molecular complexity index is 716. The summed E-state index contributed by atoms with van der Waals surface area (Å²) in [7, 11) is -3.66. The van der Waals surface area contributed by atoms with Crippen LogP contribution in [0, 0.1) is 0 Å². The fourth-order valence-electron chi connectivity index (χ4n) is 3.16.